The highest BCUT2D eigenvalue weighted by molar-refractivity contribution is 6.00. The lowest BCUT2D eigenvalue weighted by atomic mass is 10.0. The number of nitrogens with zero attached hydrogens (tertiary/aromatic N) is 4. The summed E-state index contributed by atoms with van der Waals surface area (Å²) in [6.07, 6.45) is -3.77. The van der Waals surface area contributed by atoms with Crippen molar-refractivity contribution >= 4 is 28.8 Å². The second kappa shape index (κ2) is 7.58. The summed E-state index contributed by atoms with van der Waals surface area (Å²) >= 11 is 0. The molecule has 9 N–H and O–H groups in total. The molecule has 0 saturated carbocycles. The first-order chi connectivity index (χ1) is 13.6. The summed E-state index contributed by atoms with van der Waals surface area (Å²) in [5, 5.41) is 41.7. The van der Waals surface area contributed by atoms with Crippen LogP contribution in [0, 0.1) is 0 Å². The first-order valence-corrected chi connectivity index (χ1v) is 8.52. The lowest BCUT2D eigenvalue weighted by molar-refractivity contribution is -0.172. The van der Waals surface area contributed by atoms with Crippen LogP contribution < -0.4 is 16.8 Å². The van der Waals surface area contributed by atoms with Crippen molar-refractivity contribution in [1.82, 2.24) is 19.5 Å². The van der Waals surface area contributed by atoms with Crippen molar-refractivity contribution in [2.45, 2.75) is 43.1 Å². The van der Waals surface area contributed by atoms with Crippen LogP contribution in [0.15, 0.2) is 12.7 Å². The van der Waals surface area contributed by atoms with Crippen LogP contribution in [-0.2, 0) is 20.1 Å². The Morgan fingerprint density at radius 1 is 1.38 bits per heavy atom. The van der Waals surface area contributed by atoms with Gasteiger partial charge in [-0.25, -0.2) is 15.0 Å². The number of hydrogen-bond donors (Lipinski definition) is 7. The minimum absolute atomic E-state index is 0.00277. The number of nitrogens with two attached hydrogens (primary N) is 2. The Kier molecular flexibility index (Phi) is 5.48. The molecular weight excluding hydrogens is 390 g/mol. The van der Waals surface area contributed by atoms with E-state index in [1.807, 2.05) is 0 Å². The maximum atomic E-state index is 12.2. The lowest BCUT2D eigenvalue weighted by Crippen LogP contribution is -2.54. The number of primary amides is 1. The molecular formula is C15H21N7O7. The Morgan fingerprint density at radius 3 is 2.62 bits per heavy atom. The van der Waals surface area contributed by atoms with Crippen molar-refractivity contribution < 1.29 is 34.8 Å². The van der Waals surface area contributed by atoms with Crippen molar-refractivity contribution in [3.05, 3.63) is 12.7 Å². The van der Waals surface area contributed by atoms with Crippen LogP contribution in [0.2, 0.25) is 0 Å². The normalized spacial score (nSPS) is 29.0. The molecule has 2 aromatic rings. The smallest absolute Gasteiger partial charge is 0.274 e. The zero-order chi connectivity index (χ0) is 21.5. The van der Waals surface area contributed by atoms with Crippen molar-refractivity contribution in [2.24, 2.45) is 11.5 Å². The Balaban J connectivity index is 2.08. The zero-order valence-corrected chi connectivity index (χ0v) is 15.2. The largest absolute Gasteiger partial charge is 0.394 e. The summed E-state index contributed by atoms with van der Waals surface area (Å²) in [4.78, 5) is 36.3. The molecule has 0 aliphatic carbocycles. The summed E-state index contributed by atoms with van der Waals surface area (Å²) in [6, 6.07) is -1.24. The third kappa shape index (κ3) is 3.21. The maximum Gasteiger partial charge on any atom is 0.274 e. The van der Waals surface area contributed by atoms with Crippen molar-refractivity contribution in [3.63, 3.8) is 0 Å². The molecule has 3 heterocycles. The van der Waals surface area contributed by atoms with Gasteiger partial charge < -0.3 is 41.9 Å². The molecule has 0 radical (unpaired) electrons. The van der Waals surface area contributed by atoms with E-state index in [2.05, 4.69) is 20.3 Å². The first kappa shape index (κ1) is 21.0. The van der Waals surface area contributed by atoms with E-state index in [-0.39, 0.29) is 17.0 Å². The highest BCUT2D eigenvalue weighted by Crippen LogP contribution is 2.37. The van der Waals surface area contributed by atoms with Gasteiger partial charge in [-0.05, 0) is 6.92 Å². The average molecular weight is 411 g/mol. The third-order valence-electron chi connectivity index (χ3n) is 4.72. The van der Waals surface area contributed by atoms with Crippen molar-refractivity contribution in [1.29, 1.82) is 0 Å². The van der Waals surface area contributed by atoms with Gasteiger partial charge in [0.2, 0.25) is 5.91 Å². The van der Waals surface area contributed by atoms with Gasteiger partial charge in [0.15, 0.2) is 17.0 Å². The fourth-order valence-electron chi connectivity index (χ4n) is 3.06. The van der Waals surface area contributed by atoms with Crippen LogP contribution in [-0.4, -0.2) is 88.8 Å². The number of nitrogens with one attached hydrogen (secondary N) is 1. The molecule has 0 bridgehead atoms. The van der Waals surface area contributed by atoms with Gasteiger partial charge >= 0.3 is 0 Å². The number of imidazole rings is 1. The predicted octanol–water partition coefficient (Wildman–Crippen LogP) is -4.28. The summed E-state index contributed by atoms with van der Waals surface area (Å²) in [7, 11) is 0. The fraction of sp³-hybridized carbons (Fsp3) is 0.533. The van der Waals surface area contributed by atoms with Gasteiger partial charge in [0.05, 0.1) is 12.7 Å². The predicted molar refractivity (Wildman–Crippen MR) is 94.7 cm³/mol. The highest BCUT2D eigenvalue weighted by Gasteiger charge is 2.60. The molecule has 1 aliphatic heterocycles. The maximum absolute atomic E-state index is 12.2. The Hall–Kier alpha value is -2.75. The Morgan fingerprint density at radius 2 is 2.07 bits per heavy atom. The molecule has 1 fully saturated rings. The van der Waals surface area contributed by atoms with Crippen molar-refractivity contribution in [3.8, 4) is 0 Å². The number of hydrogen-bond acceptors (Lipinski definition) is 11. The third-order valence-corrected chi connectivity index (χ3v) is 4.72. The number of ether oxygens (including phenoxy) is 1. The van der Waals surface area contributed by atoms with E-state index >= 15 is 0 Å². The zero-order valence-electron chi connectivity index (χ0n) is 15.2. The number of rotatable bonds is 6. The highest BCUT2D eigenvalue weighted by atomic mass is 16.6. The molecule has 0 unspecified atom stereocenters. The summed E-state index contributed by atoms with van der Waals surface area (Å²) in [5.74, 6) is -1.99. The van der Waals surface area contributed by atoms with Crippen LogP contribution >= 0.6 is 0 Å². The van der Waals surface area contributed by atoms with Crippen molar-refractivity contribution in [2.75, 3.05) is 11.9 Å². The number of anilines is 1. The molecule has 2 amide bonds. The summed E-state index contributed by atoms with van der Waals surface area (Å²) in [6.45, 7) is 0.653. The second-order valence-corrected chi connectivity index (χ2v) is 6.60. The number of carbonyl (C=O) groups excluding carboxylic acids is 2. The molecule has 6 atom stereocenters. The van der Waals surface area contributed by atoms with Gasteiger partial charge in [-0.15, -0.1) is 0 Å². The standard InChI is InChI=1S/C15H21N7O7/c1-5(24)7(16)13(27)21-11-8-12(19-3-18-11)22(4-20-8)15(14(17)28)10(26)9(25)6(2-23)29-15/h3-7,9-10,23-26H,2,16H2,1H3,(H2,17,28)(H,18,19,21,27)/t5-,6-,7+,9-,10-,15+/m1/s1. The van der Waals surface area contributed by atoms with Gasteiger partial charge in [-0.1, -0.05) is 0 Å². The lowest BCUT2D eigenvalue weighted by Gasteiger charge is -2.30. The number of fused-ring (bicyclic) bond motifs is 1. The van der Waals surface area contributed by atoms with E-state index in [1.165, 1.54) is 6.92 Å². The number of aromatic nitrogens is 4. The SMILES string of the molecule is C[C@@H](O)[C@H](N)C(=O)Nc1ncnc2c1ncn2[C@]1(C(N)=O)O[C@H](CO)[C@@H](O)[C@H]1O. The quantitative estimate of drug-likeness (QED) is 0.240. The second-order valence-electron chi connectivity index (χ2n) is 6.60. The van der Waals surface area contributed by atoms with E-state index < -0.39 is 54.6 Å². The molecule has 14 nitrogen and oxygen atoms in total. The van der Waals surface area contributed by atoms with Gasteiger partial charge in [-0.3, -0.25) is 14.2 Å². The molecule has 2 aromatic heterocycles. The average Bonchev–Trinajstić information content (AvgIpc) is 3.22. The van der Waals surface area contributed by atoms with E-state index in [0.717, 1.165) is 17.2 Å². The van der Waals surface area contributed by atoms with Gasteiger partial charge in [-0.2, -0.15) is 0 Å². The topological polar surface area (TPSA) is 232 Å². The van der Waals surface area contributed by atoms with Crippen LogP contribution in [0.1, 0.15) is 6.92 Å². The minimum Gasteiger partial charge on any atom is -0.394 e. The van der Waals surface area contributed by atoms with Gasteiger partial charge in [0.25, 0.3) is 11.6 Å². The molecule has 29 heavy (non-hydrogen) atoms. The summed E-state index contributed by atoms with van der Waals surface area (Å²) in [5.41, 5.74) is 8.66. The molecule has 0 aromatic carbocycles. The molecule has 3 rings (SSSR count). The number of carbonyl (C=O) groups is 2. The number of aliphatic hydroxyl groups excluding tert-OH is 4. The minimum atomic E-state index is -2.31. The van der Waals surface area contributed by atoms with Crippen LogP contribution in [0.3, 0.4) is 0 Å². The van der Waals surface area contributed by atoms with E-state index in [4.69, 9.17) is 16.2 Å². The fourth-order valence-corrected chi connectivity index (χ4v) is 3.06. The Labute approximate surface area is 163 Å². The first-order valence-electron chi connectivity index (χ1n) is 8.52. The molecule has 158 valence electrons. The van der Waals surface area contributed by atoms with E-state index in [1.54, 1.807) is 0 Å². The molecule has 0 spiro atoms. The van der Waals surface area contributed by atoms with Crippen LogP contribution in [0.25, 0.3) is 11.2 Å². The van der Waals surface area contributed by atoms with E-state index in [0.29, 0.717) is 0 Å². The van der Waals surface area contributed by atoms with Gasteiger partial charge in [0.1, 0.15) is 37.0 Å². The van der Waals surface area contributed by atoms with Crippen LogP contribution in [0.5, 0.6) is 0 Å². The van der Waals surface area contributed by atoms with Crippen LogP contribution in [0.4, 0.5) is 5.82 Å². The number of amides is 2. The summed E-state index contributed by atoms with van der Waals surface area (Å²) < 4.78 is 6.41. The monoisotopic (exact) mass is 411 g/mol. The molecule has 1 aliphatic rings. The molecule has 1 saturated heterocycles. The Bertz CT molecular complexity index is 935. The van der Waals surface area contributed by atoms with Gasteiger partial charge in [0, 0.05) is 0 Å². The number of aliphatic hydroxyl groups is 4. The van der Waals surface area contributed by atoms with E-state index in [9.17, 15) is 30.0 Å². The molecule has 14 heteroatoms.